The first kappa shape index (κ1) is 20.5. The number of ether oxygens (including phenoxy) is 2. The molecule has 1 aliphatic heterocycles. The molecule has 1 amide bonds. The Morgan fingerprint density at radius 3 is 2.75 bits per heavy atom. The molecule has 1 aliphatic rings. The molecule has 1 aromatic heterocycles. The average molecular weight is 416 g/mol. The Morgan fingerprint density at radius 2 is 2.11 bits per heavy atom. The number of hydrogen-bond acceptors (Lipinski definition) is 6. The summed E-state index contributed by atoms with van der Waals surface area (Å²) >= 11 is 1.13. The number of halogens is 3. The second kappa shape index (κ2) is 8.44. The van der Waals surface area contributed by atoms with Gasteiger partial charge in [0.2, 0.25) is 5.91 Å². The maximum absolute atomic E-state index is 12.3. The molecule has 1 saturated heterocycles. The van der Waals surface area contributed by atoms with Crippen molar-refractivity contribution in [2.75, 3.05) is 26.8 Å². The number of benzene rings is 1. The van der Waals surface area contributed by atoms with Crippen LogP contribution < -0.4 is 4.74 Å². The van der Waals surface area contributed by atoms with E-state index in [0.29, 0.717) is 40.8 Å². The first-order valence-corrected chi connectivity index (χ1v) is 9.50. The van der Waals surface area contributed by atoms with Gasteiger partial charge < -0.3 is 14.4 Å². The average Bonchev–Trinajstić information content (AvgIpc) is 2.92. The van der Waals surface area contributed by atoms with Gasteiger partial charge in [-0.2, -0.15) is 0 Å². The topological polar surface area (TPSA) is 68.7 Å². The van der Waals surface area contributed by atoms with Crippen LogP contribution in [0.1, 0.15) is 17.8 Å². The zero-order valence-corrected chi connectivity index (χ0v) is 15.9. The standard InChI is InChI=1S/C18H19F3N2O4S/c1-23(17(25)5-2-11-9-26-10-11)8-12(24)6-16-22-14-4-3-13(7-15(14)28-16)27-18(19,20)21/h3-4,7,11H,2,5-6,8-10H2,1H3. The van der Waals surface area contributed by atoms with Crippen LogP contribution in [0, 0.1) is 5.92 Å². The van der Waals surface area contributed by atoms with Gasteiger partial charge in [-0.1, -0.05) is 0 Å². The van der Waals surface area contributed by atoms with Gasteiger partial charge in [-0.15, -0.1) is 24.5 Å². The Hall–Kier alpha value is -2.20. The predicted molar refractivity (Wildman–Crippen MR) is 96.2 cm³/mol. The summed E-state index contributed by atoms with van der Waals surface area (Å²) in [4.78, 5) is 30.0. The maximum atomic E-state index is 12.3. The highest BCUT2D eigenvalue weighted by atomic mass is 32.1. The number of aromatic nitrogens is 1. The van der Waals surface area contributed by atoms with Crippen LogP contribution in [0.3, 0.4) is 0 Å². The van der Waals surface area contributed by atoms with E-state index in [1.165, 1.54) is 23.1 Å². The van der Waals surface area contributed by atoms with E-state index in [4.69, 9.17) is 4.74 Å². The van der Waals surface area contributed by atoms with E-state index in [9.17, 15) is 22.8 Å². The van der Waals surface area contributed by atoms with Crippen molar-refractivity contribution in [3.8, 4) is 5.75 Å². The summed E-state index contributed by atoms with van der Waals surface area (Å²) in [7, 11) is 1.58. The lowest BCUT2D eigenvalue weighted by Crippen LogP contribution is -2.34. The lowest BCUT2D eigenvalue weighted by atomic mass is 10.0. The summed E-state index contributed by atoms with van der Waals surface area (Å²) in [6.07, 6.45) is -3.62. The van der Waals surface area contributed by atoms with Crippen LogP contribution in [0.25, 0.3) is 10.2 Å². The molecule has 0 bridgehead atoms. The van der Waals surface area contributed by atoms with E-state index in [1.807, 2.05) is 0 Å². The Labute approximate surface area is 163 Å². The molecule has 0 saturated carbocycles. The minimum Gasteiger partial charge on any atom is -0.406 e. The van der Waals surface area contributed by atoms with E-state index in [-0.39, 0.29) is 30.4 Å². The highest BCUT2D eigenvalue weighted by Crippen LogP contribution is 2.30. The molecular weight excluding hydrogens is 397 g/mol. The third-order valence-electron chi connectivity index (χ3n) is 4.30. The molecule has 2 aromatic rings. The molecule has 2 heterocycles. The van der Waals surface area contributed by atoms with Gasteiger partial charge in [0.15, 0.2) is 5.78 Å². The van der Waals surface area contributed by atoms with Gasteiger partial charge in [0.05, 0.1) is 36.4 Å². The third-order valence-corrected chi connectivity index (χ3v) is 5.32. The number of carbonyl (C=O) groups is 2. The molecule has 152 valence electrons. The van der Waals surface area contributed by atoms with Crippen molar-refractivity contribution >= 4 is 33.2 Å². The minimum absolute atomic E-state index is 0.0168. The highest BCUT2D eigenvalue weighted by molar-refractivity contribution is 7.18. The van der Waals surface area contributed by atoms with Crippen LogP contribution in [0.15, 0.2) is 18.2 Å². The van der Waals surface area contributed by atoms with Gasteiger partial charge >= 0.3 is 6.36 Å². The number of amides is 1. The van der Waals surface area contributed by atoms with E-state index >= 15 is 0 Å². The van der Waals surface area contributed by atoms with Crippen molar-refractivity contribution in [1.29, 1.82) is 0 Å². The molecule has 0 spiro atoms. The molecular formula is C18H19F3N2O4S. The number of alkyl halides is 3. The van der Waals surface area contributed by atoms with Gasteiger partial charge in [-0.25, -0.2) is 4.98 Å². The molecule has 0 radical (unpaired) electrons. The smallest absolute Gasteiger partial charge is 0.406 e. The third kappa shape index (κ3) is 5.65. The molecule has 6 nitrogen and oxygen atoms in total. The summed E-state index contributed by atoms with van der Waals surface area (Å²) in [5.74, 6) is -0.196. The van der Waals surface area contributed by atoms with E-state index in [0.717, 1.165) is 17.8 Å². The molecule has 0 unspecified atom stereocenters. The first-order valence-electron chi connectivity index (χ1n) is 8.68. The van der Waals surface area contributed by atoms with Crippen LogP contribution in [-0.2, 0) is 20.7 Å². The molecule has 3 rings (SSSR count). The van der Waals surface area contributed by atoms with Crippen molar-refractivity contribution in [1.82, 2.24) is 9.88 Å². The number of hydrogen-bond donors (Lipinski definition) is 0. The second-order valence-corrected chi connectivity index (χ2v) is 7.81. The van der Waals surface area contributed by atoms with Crippen molar-refractivity contribution < 1.29 is 32.2 Å². The van der Waals surface area contributed by atoms with Gasteiger partial charge in [0, 0.05) is 19.4 Å². The number of nitrogens with zero attached hydrogens (tertiary/aromatic N) is 2. The first-order chi connectivity index (χ1) is 13.2. The number of fused-ring (bicyclic) bond motifs is 1. The number of rotatable bonds is 8. The highest BCUT2D eigenvalue weighted by Gasteiger charge is 2.31. The number of thiazole rings is 1. The summed E-state index contributed by atoms with van der Waals surface area (Å²) in [6.45, 7) is 1.34. The maximum Gasteiger partial charge on any atom is 0.573 e. The minimum atomic E-state index is -4.76. The lowest BCUT2D eigenvalue weighted by molar-refractivity contribution is -0.274. The largest absolute Gasteiger partial charge is 0.573 e. The number of carbonyl (C=O) groups excluding carboxylic acids is 2. The molecule has 28 heavy (non-hydrogen) atoms. The predicted octanol–water partition coefficient (Wildman–Crippen LogP) is 3.19. The summed E-state index contributed by atoms with van der Waals surface area (Å²) in [5.41, 5.74) is 0.495. The van der Waals surface area contributed by atoms with Gasteiger partial charge in [0.1, 0.15) is 10.8 Å². The summed E-state index contributed by atoms with van der Waals surface area (Å²) in [5, 5.41) is 0.483. The van der Waals surface area contributed by atoms with Crippen LogP contribution in [0.5, 0.6) is 5.75 Å². The van der Waals surface area contributed by atoms with E-state index in [2.05, 4.69) is 9.72 Å². The van der Waals surface area contributed by atoms with Crippen molar-refractivity contribution in [3.63, 3.8) is 0 Å². The van der Waals surface area contributed by atoms with Crippen molar-refractivity contribution in [2.45, 2.75) is 25.6 Å². The van der Waals surface area contributed by atoms with E-state index in [1.54, 1.807) is 7.05 Å². The van der Waals surface area contributed by atoms with Gasteiger partial charge in [0.25, 0.3) is 0 Å². The van der Waals surface area contributed by atoms with Crippen molar-refractivity contribution in [3.05, 3.63) is 23.2 Å². The quantitative estimate of drug-likeness (QED) is 0.661. The fourth-order valence-electron chi connectivity index (χ4n) is 2.77. The zero-order valence-electron chi connectivity index (χ0n) is 15.1. The number of Topliss-reactive ketones (excluding diaryl/α,β-unsaturated/α-hetero) is 1. The molecule has 10 heteroatoms. The Balaban J connectivity index is 1.54. The van der Waals surface area contributed by atoms with Crippen LogP contribution in [0.2, 0.25) is 0 Å². The van der Waals surface area contributed by atoms with Gasteiger partial charge in [-0.05, 0) is 24.6 Å². The SMILES string of the molecule is CN(CC(=O)Cc1nc2ccc(OC(F)(F)F)cc2s1)C(=O)CCC1COC1. The fraction of sp³-hybridized carbons (Fsp3) is 0.500. The van der Waals surface area contributed by atoms with Gasteiger partial charge in [-0.3, -0.25) is 9.59 Å². The Morgan fingerprint density at radius 1 is 1.36 bits per heavy atom. The van der Waals surface area contributed by atoms with E-state index < -0.39 is 6.36 Å². The van der Waals surface area contributed by atoms with Crippen LogP contribution in [0.4, 0.5) is 13.2 Å². The Bertz CT molecular complexity index is 864. The van der Waals surface area contributed by atoms with Crippen LogP contribution in [-0.4, -0.2) is 54.7 Å². The summed E-state index contributed by atoms with van der Waals surface area (Å²) in [6, 6.07) is 3.84. The second-order valence-electron chi connectivity index (χ2n) is 6.69. The zero-order chi connectivity index (χ0) is 20.3. The molecule has 0 N–H and O–H groups in total. The molecule has 0 aliphatic carbocycles. The monoisotopic (exact) mass is 416 g/mol. The Kier molecular flexibility index (Phi) is 6.19. The van der Waals surface area contributed by atoms with Crippen LogP contribution >= 0.6 is 11.3 Å². The molecule has 1 fully saturated rings. The summed E-state index contributed by atoms with van der Waals surface area (Å²) < 4.78 is 46.4. The molecule has 1 aromatic carbocycles. The van der Waals surface area contributed by atoms with Crippen molar-refractivity contribution in [2.24, 2.45) is 5.92 Å². The molecule has 0 atom stereocenters. The fourth-order valence-corrected chi connectivity index (χ4v) is 3.80. The number of likely N-dealkylation sites (N-methyl/N-ethyl adjacent to an activating group) is 1. The normalized spacial score (nSPS) is 14.7. The lowest BCUT2D eigenvalue weighted by Gasteiger charge is -2.26. The number of ketones is 1.